The highest BCUT2D eigenvalue weighted by atomic mass is 16.6. The van der Waals surface area contributed by atoms with Crippen molar-refractivity contribution in [1.29, 1.82) is 0 Å². The van der Waals surface area contributed by atoms with Gasteiger partial charge in [0.1, 0.15) is 6.61 Å². The van der Waals surface area contributed by atoms with Crippen molar-refractivity contribution in [2.75, 3.05) is 13.2 Å². The Bertz CT molecular complexity index is 722. The van der Waals surface area contributed by atoms with Crippen molar-refractivity contribution in [3.05, 3.63) is 48.6 Å². The molecule has 0 aliphatic heterocycles. The molecule has 0 amide bonds. The summed E-state index contributed by atoms with van der Waals surface area (Å²) >= 11 is 0. The standard InChI is InChI=1S/C37H64O5/c1-3-5-7-9-11-13-15-16-17-18-19-20-22-24-26-28-30-32-37(40)42-35(33-38)34-41-36(39)31-29-27-25-23-21-14-12-10-8-6-4-2/h11,13,16-17,19-20,24,26,35,38H,3-10,12,14-15,18,21-23,25,27-34H2,1-2H3/t35-/m0/s1. The summed E-state index contributed by atoms with van der Waals surface area (Å²) in [6, 6.07) is 0. The summed E-state index contributed by atoms with van der Waals surface area (Å²) in [5.74, 6) is -0.660. The van der Waals surface area contributed by atoms with Gasteiger partial charge in [-0.05, 0) is 51.4 Å². The highest BCUT2D eigenvalue weighted by molar-refractivity contribution is 5.70. The Morgan fingerprint density at radius 3 is 1.50 bits per heavy atom. The molecule has 0 rings (SSSR count). The van der Waals surface area contributed by atoms with E-state index < -0.39 is 6.10 Å². The van der Waals surface area contributed by atoms with Gasteiger partial charge in [0.05, 0.1) is 6.61 Å². The fourth-order valence-electron chi connectivity index (χ4n) is 4.49. The van der Waals surface area contributed by atoms with Gasteiger partial charge in [0, 0.05) is 12.8 Å². The molecule has 0 saturated heterocycles. The molecule has 0 aromatic heterocycles. The molecular weight excluding hydrogens is 524 g/mol. The van der Waals surface area contributed by atoms with Gasteiger partial charge in [-0.25, -0.2) is 0 Å². The van der Waals surface area contributed by atoms with Crippen LogP contribution in [0.3, 0.4) is 0 Å². The number of aliphatic hydroxyl groups is 1. The van der Waals surface area contributed by atoms with Gasteiger partial charge in [-0.1, -0.05) is 140 Å². The second kappa shape index (κ2) is 33.4. The lowest BCUT2D eigenvalue weighted by Crippen LogP contribution is -2.28. The van der Waals surface area contributed by atoms with E-state index >= 15 is 0 Å². The molecule has 0 heterocycles. The average molecular weight is 589 g/mol. The number of allylic oxidation sites excluding steroid dienone is 8. The molecule has 0 bridgehead atoms. The van der Waals surface area contributed by atoms with Crippen molar-refractivity contribution in [2.45, 2.75) is 161 Å². The van der Waals surface area contributed by atoms with Crippen molar-refractivity contribution in [1.82, 2.24) is 0 Å². The highest BCUT2D eigenvalue weighted by Crippen LogP contribution is 2.12. The number of ether oxygens (including phenoxy) is 2. The molecule has 0 unspecified atom stereocenters. The monoisotopic (exact) mass is 588 g/mol. The van der Waals surface area contributed by atoms with E-state index in [1.165, 1.54) is 77.0 Å². The van der Waals surface area contributed by atoms with Crippen molar-refractivity contribution >= 4 is 11.9 Å². The van der Waals surface area contributed by atoms with E-state index in [0.717, 1.165) is 44.9 Å². The quantitative estimate of drug-likeness (QED) is 0.0513. The smallest absolute Gasteiger partial charge is 0.306 e. The second-order valence-corrected chi connectivity index (χ2v) is 11.2. The fourth-order valence-corrected chi connectivity index (χ4v) is 4.49. The lowest BCUT2D eigenvalue weighted by Gasteiger charge is -2.15. The Labute approximate surface area is 258 Å². The summed E-state index contributed by atoms with van der Waals surface area (Å²) < 4.78 is 10.5. The van der Waals surface area contributed by atoms with Crippen LogP contribution in [0.15, 0.2) is 48.6 Å². The van der Waals surface area contributed by atoms with Gasteiger partial charge in [-0.3, -0.25) is 9.59 Å². The maximum absolute atomic E-state index is 12.1. The van der Waals surface area contributed by atoms with Crippen LogP contribution in [-0.2, 0) is 19.1 Å². The summed E-state index contributed by atoms with van der Waals surface area (Å²) in [7, 11) is 0. The Hall–Kier alpha value is -2.14. The number of hydrogen-bond donors (Lipinski definition) is 1. The van der Waals surface area contributed by atoms with Crippen LogP contribution in [0.4, 0.5) is 0 Å². The molecule has 5 nitrogen and oxygen atoms in total. The zero-order valence-corrected chi connectivity index (χ0v) is 27.2. The minimum Gasteiger partial charge on any atom is -0.462 e. The number of rotatable bonds is 30. The van der Waals surface area contributed by atoms with Gasteiger partial charge in [-0.15, -0.1) is 0 Å². The fraction of sp³-hybridized carbons (Fsp3) is 0.730. The third kappa shape index (κ3) is 30.8. The Balaban J connectivity index is 3.71. The minimum atomic E-state index is -0.796. The molecule has 0 spiro atoms. The number of hydrogen-bond acceptors (Lipinski definition) is 5. The van der Waals surface area contributed by atoms with Gasteiger partial charge < -0.3 is 14.6 Å². The molecule has 0 aromatic carbocycles. The van der Waals surface area contributed by atoms with Crippen LogP contribution in [0.1, 0.15) is 155 Å². The highest BCUT2D eigenvalue weighted by Gasteiger charge is 2.15. The van der Waals surface area contributed by atoms with E-state index in [2.05, 4.69) is 62.5 Å². The van der Waals surface area contributed by atoms with Gasteiger partial charge in [0.15, 0.2) is 6.10 Å². The summed E-state index contributed by atoms with van der Waals surface area (Å²) in [6.07, 6.45) is 40.2. The first-order chi connectivity index (χ1) is 20.6. The van der Waals surface area contributed by atoms with Crippen LogP contribution < -0.4 is 0 Å². The predicted molar refractivity (Wildman–Crippen MR) is 177 cm³/mol. The van der Waals surface area contributed by atoms with Crippen molar-refractivity contribution in [2.24, 2.45) is 0 Å². The van der Waals surface area contributed by atoms with Gasteiger partial charge in [0.25, 0.3) is 0 Å². The van der Waals surface area contributed by atoms with Crippen LogP contribution in [0.25, 0.3) is 0 Å². The van der Waals surface area contributed by atoms with E-state index in [1.54, 1.807) is 0 Å². The van der Waals surface area contributed by atoms with Gasteiger partial charge >= 0.3 is 11.9 Å². The molecule has 0 radical (unpaired) electrons. The van der Waals surface area contributed by atoms with Crippen LogP contribution >= 0.6 is 0 Å². The van der Waals surface area contributed by atoms with Crippen molar-refractivity contribution in [3.8, 4) is 0 Å². The Morgan fingerprint density at radius 1 is 0.548 bits per heavy atom. The van der Waals surface area contributed by atoms with E-state index in [9.17, 15) is 14.7 Å². The van der Waals surface area contributed by atoms with E-state index in [1.807, 2.05) is 0 Å². The number of carbonyl (C=O) groups is 2. The molecule has 0 aromatic rings. The second-order valence-electron chi connectivity index (χ2n) is 11.2. The summed E-state index contributed by atoms with van der Waals surface area (Å²) in [5.41, 5.74) is 0. The predicted octanol–water partition coefficient (Wildman–Crippen LogP) is 10.3. The molecule has 5 heteroatoms. The van der Waals surface area contributed by atoms with E-state index in [-0.39, 0.29) is 31.6 Å². The lowest BCUT2D eigenvalue weighted by molar-refractivity contribution is -0.161. The Kier molecular flexibility index (Phi) is 31.7. The molecule has 1 atom stereocenters. The maximum atomic E-state index is 12.1. The third-order valence-electron chi connectivity index (χ3n) is 7.13. The summed E-state index contributed by atoms with van der Waals surface area (Å²) in [4.78, 5) is 24.1. The minimum absolute atomic E-state index is 0.0870. The molecule has 1 N–H and O–H groups in total. The maximum Gasteiger partial charge on any atom is 0.306 e. The average Bonchev–Trinajstić information content (AvgIpc) is 2.99. The van der Waals surface area contributed by atoms with Crippen LogP contribution in [0, 0.1) is 0 Å². The number of esters is 2. The normalized spacial score (nSPS) is 12.7. The van der Waals surface area contributed by atoms with Gasteiger partial charge in [-0.2, -0.15) is 0 Å². The van der Waals surface area contributed by atoms with Gasteiger partial charge in [0.2, 0.25) is 0 Å². The lowest BCUT2D eigenvalue weighted by atomic mass is 10.1. The number of carbonyl (C=O) groups excluding carboxylic acids is 2. The molecule has 0 saturated carbocycles. The summed E-state index contributed by atoms with van der Waals surface area (Å²) in [6.45, 7) is 4.03. The summed E-state index contributed by atoms with van der Waals surface area (Å²) in [5, 5.41) is 9.49. The molecule has 242 valence electrons. The van der Waals surface area contributed by atoms with Crippen molar-refractivity contribution in [3.63, 3.8) is 0 Å². The van der Waals surface area contributed by atoms with Crippen LogP contribution in [-0.4, -0.2) is 36.4 Å². The van der Waals surface area contributed by atoms with E-state index in [0.29, 0.717) is 12.8 Å². The first-order valence-corrected chi connectivity index (χ1v) is 17.2. The Morgan fingerprint density at radius 2 is 0.976 bits per heavy atom. The van der Waals surface area contributed by atoms with Crippen molar-refractivity contribution < 1.29 is 24.2 Å². The topological polar surface area (TPSA) is 72.8 Å². The van der Waals surface area contributed by atoms with Crippen LogP contribution in [0.2, 0.25) is 0 Å². The van der Waals surface area contributed by atoms with Crippen LogP contribution in [0.5, 0.6) is 0 Å². The zero-order chi connectivity index (χ0) is 30.8. The SMILES string of the molecule is CCCCCC=CCC=CCC=CCC=CCCCC(=O)O[C@@H](CO)COC(=O)CCCCCCCCCCCCC. The molecular formula is C37H64O5. The molecule has 0 aliphatic rings. The molecule has 42 heavy (non-hydrogen) atoms. The third-order valence-corrected chi connectivity index (χ3v) is 7.13. The molecule has 0 fully saturated rings. The zero-order valence-electron chi connectivity index (χ0n) is 27.2. The number of unbranched alkanes of at least 4 members (excludes halogenated alkanes) is 14. The molecule has 0 aliphatic carbocycles. The largest absolute Gasteiger partial charge is 0.462 e. The van der Waals surface area contributed by atoms with E-state index in [4.69, 9.17) is 9.47 Å². The first-order valence-electron chi connectivity index (χ1n) is 17.2. The first kappa shape index (κ1) is 39.9. The number of aliphatic hydroxyl groups excluding tert-OH is 1.